The molecule has 0 bridgehead atoms. The predicted octanol–water partition coefficient (Wildman–Crippen LogP) is 2.39. The highest BCUT2D eigenvalue weighted by atomic mass is 35.5. The van der Waals surface area contributed by atoms with E-state index in [4.69, 9.17) is 21.4 Å². The lowest BCUT2D eigenvalue weighted by Crippen LogP contribution is -2.39. The molecule has 0 atom stereocenters. The summed E-state index contributed by atoms with van der Waals surface area (Å²) in [4.78, 5) is 18.4. The van der Waals surface area contributed by atoms with Crippen LogP contribution in [0, 0.1) is 0 Å². The number of aromatic nitrogens is 3. The normalized spacial score (nSPS) is 11.5. The molecular formula is C19H20ClF2N5O3. The second-order valence-electron chi connectivity index (χ2n) is 6.63. The largest absolute Gasteiger partial charge is 0.497 e. The Morgan fingerprint density at radius 1 is 1.37 bits per heavy atom. The number of alkyl halides is 2. The fourth-order valence-corrected chi connectivity index (χ4v) is 2.98. The number of aliphatic hydroxyl groups is 1. The van der Waals surface area contributed by atoms with E-state index in [1.165, 1.54) is 10.7 Å². The number of anilines is 1. The summed E-state index contributed by atoms with van der Waals surface area (Å²) in [5.74, 6) is -3.49. The Labute approximate surface area is 176 Å². The number of imidazole rings is 1. The van der Waals surface area contributed by atoms with Gasteiger partial charge < -0.3 is 20.1 Å². The van der Waals surface area contributed by atoms with Gasteiger partial charge >= 0.3 is 0 Å². The van der Waals surface area contributed by atoms with Crippen molar-refractivity contribution in [1.29, 1.82) is 0 Å². The van der Waals surface area contributed by atoms with Gasteiger partial charge in [0.1, 0.15) is 12.4 Å². The molecule has 1 amide bonds. The molecule has 0 aliphatic heterocycles. The van der Waals surface area contributed by atoms with E-state index in [-0.39, 0.29) is 10.8 Å². The Morgan fingerprint density at radius 3 is 2.70 bits per heavy atom. The number of nitrogens with one attached hydrogen (secondary N) is 1. The minimum atomic E-state index is -3.43. The molecule has 1 aromatic carbocycles. The maximum absolute atomic E-state index is 13.2. The number of fused-ring (bicyclic) bond motifs is 1. The summed E-state index contributed by atoms with van der Waals surface area (Å²) in [5, 5.41) is 14.9. The van der Waals surface area contributed by atoms with Gasteiger partial charge in [0.15, 0.2) is 16.5 Å². The van der Waals surface area contributed by atoms with E-state index in [1.807, 2.05) is 36.2 Å². The van der Waals surface area contributed by atoms with E-state index >= 15 is 0 Å². The fourth-order valence-electron chi connectivity index (χ4n) is 2.81. The summed E-state index contributed by atoms with van der Waals surface area (Å²) in [6, 6.07) is 9.13. The molecule has 160 valence electrons. The number of carbonyl (C=O) groups excluding carboxylic acids is 1. The highest BCUT2D eigenvalue weighted by molar-refractivity contribution is 6.29. The Balaban J connectivity index is 1.86. The number of amides is 1. The molecule has 0 radical (unpaired) electrons. The molecule has 3 aromatic rings. The molecule has 30 heavy (non-hydrogen) atoms. The second-order valence-corrected chi connectivity index (χ2v) is 7.02. The highest BCUT2D eigenvalue weighted by Gasteiger charge is 2.29. The first-order valence-electron chi connectivity index (χ1n) is 8.89. The second kappa shape index (κ2) is 8.80. The summed E-state index contributed by atoms with van der Waals surface area (Å²) < 4.78 is 32.8. The minimum Gasteiger partial charge on any atom is -0.497 e. The van der Waals surface area contributed by atoms with Crippen molar-refractivity contribution in [2.45, 2.75) is 12.5 Å². The van der Waals surface area contributed by atoms with Crippen LogP contribution >= 0.6 is 11.6 Å². The molecule has 0 fully saturated rings. The molecule has 8 nitrogen and oxygen atoms in total. The zero-order valence-electron chi connectivity index (χ0n) is 16.3. The van der Waals surface area contributed by atoms with Gasteiger partial charge in [-0.3, -0.25) is 4.79 Å². The summed E-state index contributed by atoms with van der Waals surface area (Å²) >= 11 is 6.13. The number of carbonyl (C=O) groups is 1. The standard InChI is InChI=1S/C19H20ClF2N5O3/c1-26(9-12-3-5-13(30-2)6-4-12)14-7-16(20)25-27-15(8-23-17(14)27)18(29)24-10-19(21,22)11-28/h3-8,28H,9-11H2,1-2H3,(H,24,29). The van der Waals surface area contributed by atoms with Crippen LogP contribution in [-0.2, 0) is 6.54 Å². The van der Waals surface area contributed by atoms with Gasteiger partial charge in [-0.05, 0) is 17.7 Å². The SMILES string of the molecule is COc1ccc(CN(C)c2cc(Cl)nn3c(C(=O)NCC(F)(F)CO)cnc23)cc1. The maximum atomic E-state index is 13.2. The Hall–Kier alpha value is -2.98. The average Bonchev–Trinajstić information content (AvgIpc) is 3.15. The predicted molar refractivity (Wildman–Crippen MR) is 107 cm³/mol. The van der Waals surface area contributed by atoms with Gasteiger partial charge in [0.25, 0.3) is 11.8 Å². The lowest BCUT2D eigenvalue weighted by molar-refractivity contribution is -0.0462. The summed E-state index contributed by atoms with van der Waals surface area (Å²) in [6.07, 6.45) is 1.23. The first kappa shape index (κ1) is 21.7. The molecule has 2 aromatic heterocycles. The van der Waals surface area contributed by atoms with E-state index in [2.05, 4.69) is 15.4 Å². The fraction of sp³-hybridized carbons (Fsp3) is 0.316. The average molecular weight is 440 g/mol. The number of rotatable bonds is 8. The number of aliphatic hydroxyl groups excluding tert-OH is 1. The number of halogens is 3. The van der Waals surface area contributed by atoms with Gasteiger partial charge in [0.2, 0.25) is 0 Å². The molecule has 0 spiro atoms. The van der Waals surface area contributed by atoms with Gasteiger partial charge in [-0.1, -0.05) is 23.7 Å². The molecule has 3 rings (SSSR count). The Bertz CT molecular complexity index is 1040. The van der Waals surface area contributed by atoms with Crippen LogP contribution in [0.2, 0.25) is 5.15 Å². The Morgan fingerprint density at radius 2 is 2.07 bits per heavy atom. The highest BCUT2D eigenvalue weighted by Crippen LogP contribution is 2.25. The van der Waals surface area contributed by atoms with Gasteiger partial charge in [-0.25, -0.2) is 18.3 Å². The van der Waals surface area contributed by atoms with Crippen molar-refractivity contribution < 1.29 is 23.4 Å². The van der Waals surface area contributed by atoms with E-state index in [1.54, 1.807) is 13.2 Å². The number of hydrogen-bond acceptors (Lipinski definition) is 6. The van der Waals surface area contributed by atoms with Gasteiger partial charge in [0, 0.05) is 19.7 Å². The maximum Gasteiger partial charge on any atom is 0.287 e. The van der Waals surface area contributed by atoms with Crippen LogP contribution in [-0.4, -0.2) is 58.8 Å². The lowest BCUT2D eigenvalue weighted by atomic mass is 10.2. The van der Waals surface area contributed by atoms with Gasteiger partial charge in [-0.2, -0.15) is 5.10 Å². The summed E-state index contributed by atoms with van der Waals surface area (Å²) in [5.41, 5.74) is 1.89. The number of benzene rings is 1. The monoisotopic (exact) mass is 439 g/mol. The van der Waals surface area contributed by atoms with Crippen LogP contribution in [0.1, 0.15) is 16.1 Å². The zero-order chi connectivity index (χ0) is 21.9. The summed E-state index contributed by atoms with van der Waals surface area (Å²) in [6.45, 7) is -1.87. The van der Waals surface area contributed by atoms with Crippen molar-refractivity contribution in [1.82, 2.24) is 19.9 Å². The molecule has 0 unspecified atom stereocenters. The van der Waals surface area contributed by atoms with Crippen molar-refractivity contribution in [3.05, 3.63) is 52.9 Å². The molecule has 0 aliphatic carbocycles. The lowest BCUT2D eigenvalue weighted by Gasteiger charge is -2.20. The zero-order valence-corrected chi connectivity index (χ0v) is 17.0. The first-order valence-corrected chi connectivity index (χ1v) is 9.27. The van der Waals surface area contributed by atoms with Crippen LogP contribution in [0.15, 0.2) is 36.5 Å². The van der Waals surface area contributed by atoms with E-state index in [0.717, 1.165) is 11.3 Å². The number of hydrogen-bond donors (Lipinski definition) is 2. The molecule has 2 heterocycles. The third-order valence-electron chi connectivity index (χ3n) is 4.38. The number of nitrogens with zero attached hydrogens (tertiary/aromatic N) is 4. The van der Waals surface area contributed by atoms with Gasteiger partial charge in [0.05, 0.1) is 25.5 Å². The van der Waals surface area contributed by atoms with Crippen molar-refractivity contribution >= 4 is 28.8 Å². The Kier molecular flexibility index (Phi) is 6.37. The minimum absolute atomic E-state index is 0.0552. The third-order valence-corrected chi connectivity index (χ3v) is 4.56. The van der Waals surface area contributed by atoms with Crippen LogP contribution in [0.5, 0.6) is 5.75 Å². The van der Waals surface area contributed by atoms with Crippen LogP contribution in [0.3, 0.4) is 0 Å². The molecule has 2 N–H and O–H groups in total. The number of methoxy groups -OCH3 is 1. The molecular weight excluding hydrogens is 420 g/mol. The van der Waals surface area contributed by atoms with Crippen molar-refractivity contribution in [2.24, 2.45) is 0 Å². The topological polar surface area (TPSA) is 92.0 Å². The van der Waals surface area contributed by atoms with Crippen LogP contribution in [0.25, 0.3) is 5.65 Å². The first-order chi connectivity index (χ1) is 14.2. The smallest absolute Gasteiger partial charge is 0.287 e. The van der Waals surface area contributed by atoms with Gasteiger partial charge in [-0.15, -0.1) is 0 Å². The number of ether oxygens (including phenoxy) is 1. The van der Waals surface area contributed by atoms with Crippen LogP contribution in [0.4, 0.5) is 14.5 Å². The van der Waals surface area contributed by atoms with Crippen LogP contribution < -0.4 is 15.0 Å². The van der Waals surface area contributed by atoms with E-state index < -0.39 is 25.0 Å². The molecule has 11 heteroatoms. The third kappa shape index (κ3) is 4.77. The van der Waals surface area contributed by atoms with Crippen molar-refractivity contribution in [3.63, 3.8) is 0 Å². The molecule has 0 saturated carbocycles. The van der Waals surface area contributed by atoms with E-state index in [9.17, 15) is 13.6 Å². The molecule has 0 saturated heterocycles. The van der Waals surface area contributed by atoms with Crippen molar-refractivity contribution in [3.8, 4) is 5.75 Å². The summed E-state index contributed by atoms with van der Waals surface area (Å²) in [7, 11) is 3.42. The molecule has 0 aliphatic rings. The van der Waals surface area contributed by atoms with E-state index in [0.29, 0.717) is 17.9 Å². The quantitative estimate of drug-likeness (QED) is 0.560. The van der Waals surface area contributed by atoms with Crippen molar-refractivity contribution in [2.75, 3.05) is 32.2 Å².